The van der Waals surface area contributed by atoms with E-state index < -0.39 is 15.6 Å². The fourth-order valence-corrected chi connectivity index (χ4v) is 4.80. The van der Waals surface area contributed by atoms with Gasteiger partial charge in [-0.1, -0.05) is 13.0 Å². The van der Waals surface area contributed by atoms with E-state index in [0.717, 1.165) is 12.8 Å². The Hall–Kier alpha value is -0.430. The van der Waals surface area contributed by atoms with E-state index >= 15 is 0 Å². The number of sulfonamides is 1. The number of hydrogen-bond acceptors (Lipinski definition) is 4. The van der Waals surface area contributed by atoms with Gasteiger partial charge in [-0.15, -0.1) is 11.3 Å². The lowest BCUT2D eigenvalue weighted by molar-refractivity contribution is 0.125. The standard InChI is InChI=1S/C12H19NO3S2/c1-10-4-6-12(9-14,7-5-10)13-18(15,16)11-3-2-8-17-11/h2-3,8,10,13-14H,4-7,9H2,1H3. The SMILES string of the molecule is CC1CCC(CO)(NS(=O)(=O)c2cccs2)CC1. The molecule has 1 aromatic heterocycles. The molecule has 0 amide bonds. The van der Waals surface area contributed by atoms with Gasteiger partial charge in [-0.3, -0.25) is 0 Å². The lowest BCUT2D eigenvalue weighted by Gasteiger charge is -2.38. The van der Waals surface area contributed by atoms with E-state index in [9.17, 15) is 13.5 Å². The number of rotatable bonds is 4. The van der Waals surface area contributed by atoms with E-state index in [1.807, 2.05) is 0 Å². The highest BCUT2D eigenvalue weighted by Gasteiger charge is 2.37. The predicted octanol–water partition coefficient (Wildman–Crippen LogP) is 1.97. The average Bonchev–Trinajstić information content (AvgIpc) is 2.87. The van der Waals surface area contributed by atoms with Crippen molar-refractivity contribution in [2.75, 3.05) is 6.61 Å². The molecule has 1 aliphatic rings. The maximum absolute atomic E-state index is 12.2. The molecule has 1 heterocycles. The molecule has 0 radical (unpaired) electrons. The van der Waals surface area contributed by atoms with Gasteiger partial charge in [0.2, 0.25) is 0 Å². The van der Waals surface area contributed by atoms with Crippen LogP contribution in [0.1, 0.15) is 32.6 Å². The van der Waals surface area contributed by atoms with Gasteiger partial charge in [0.05, 0.1) is 12.1 Å². The summed E-state index contributed by atoms with van der Waals surface area (Å²) < 4.78 is 27.4. The molecule has 2 N–H and O–H groups in total. The lowest BCUT2D eigenvalue weighted by atomic mass is 9.78. The van der Waals surface area contributed by atoms with Crippen molar-refractivity contribution in [2.45, 2.75) is 42.4 Å². The van der Waals surface area contributed by atoms with Gasteiger partial charge in [-0.05, 0) is 43.0 Å². The van der Waals surface area contributed by atoms with E-state index in [-0.39, 0.29) is 6.61 Å². The molecule has 0 bridgehead atoms. The third-order valence-electron chi connectivity index (χ3n) is 3.64. The second kappa shape index (κ2) is 5.28. The smallest absolute Gasteiger partial charge is 0.250 e. The van der Waals surface area contributed by atoms with Gasteiger partial charge in [0.1, 0.15) is 4.21 Å². The maximum Gasteiger partial charge on any atom is 0.250 e. The van der Waals surface area contributed by atoms with Crippen LogP contribution in [0.3, 0.4) is 0 Å². The summed E-state index contributed by atoms with van der Waals surface area (Å²) in [4.78, 5) is 0. The Kier molecular flexibility index (Phi) is 4.11. The molecule has 102 valence electrons. The Morgan fingerprint density at radius 3 is 2.67 bits per heavy atom. The van der Waals surface area contributed by atoms with E-state index in [4.69, 9.17) is 0 Å². The molecule has 1 aliphatic carbocycles. The van der Waals surface area contributed by atoms with E-state index in [2.05, 4.69) is 11.6 Å². The van der Waals surface area contributed by atoms with Crippen LogP contribution in [0.15, 0.2) is 21.7 Å². The topological polar surface area (TPSA) is 66.4 Å². The zero-order valence-electron chi connectivity index (χ0n) is 10.4. The molecular weight excluding hydrogens is 270 g/mol. The number of hydrogen-bond donors (Lipinski definition) is 2. The highest BCUT2D eigenvalue weighted by molar-refractivity contribution is 7.91. The van der Waals surface area contributed by atoms with Crippen LogP contribution in [0.4, 0.5) is 0 Å². The van der Waals surface area contributed by atoms with Crippen LogP contribution in [0.2, 0.25) is 0 Å². The molecule has 0 saturated heterocycles. The van der Waals surface area contributed by atoms with E-state index in [0.29, 0.717) is 23.0 Å². The first-order chi connectivity index (χ1) is 8.47. The molecule has 2 rings (SSSR count). The molecule has 4 nitrogen and oxygen atoms in total. The maximum atomic E-state index is 12.2. The van der Waals surface area contributed by atoms with Gasteiger partial charge in [0.15, 0.2) is 0 Å². The van der Waals surface area contributed by atoms with Crippen LogP contribution in [-0.2, 0) is 10.0 Å². The summed E-state index contributed by atoms with van der Waals surface area (Å²) >= 11 is 1.20. The minimum absolute atomic E-state index is 0.135. The normalized spacial score (nSPS) is 29.3. The summed E-state index contributed by atoms with van der Waals surface area (Å²) in [7, 11) is -3.50. The molecular formula is C12H19NO3S2. The molecule has 0 unspecified atom stereocenters. The number of nitrogens with one attached hydrogen (secondary N) is 1. The molecule has 0 atom stereocenters. The van der Waals surface area contributed by atoms with Gasteiger partial charge in [-0.25, -0.2) is 13.1 Å². The van der Waals surface area contributed by atoms with Crippen LogP contribution in [0, 0.1) is 5.92 Å². The van der Waals surface area contributed by atoms with Gasteiger partial charge in [0.25, 0.3) is 10.0 Å². The average molecular weight is 289 g/mol. The zero-order valence-corrected chi connectivity index (χ0v) is 12.1. The summed E-state index contributed by atoms with van der Waals surface area (Å²) in [6, 6.07) is 3.30. The van der Waals surface area contributed by atoms with Crippen molar-refractivity contribution in [1.29, 1.82) is 0 Å². The zero-order chi connectivity index (χ0) is 13.2. The van der Waals surface area contributed by atoms with Gasteiger partial charge in [-0.2, -0.15) is 0 Å². The van der Waals surface area contributed by atoms with Crippen LogP contribution in [0.25, 0.3) is 0 Å². The van der Waals surface area contributed by atoms with Crippen LogP contribution in [-0.4, -0.2) is 25.7 Å². The van der Waals surface area contributed by atoms with Crippen LogP contribution < -0.4 is 4.72 Å². The van der Waals surface area contributed by atoms with Gasteiger partial charge >= 0.3 is 0 Å². The Morgan fingerprint density at radius 2 is 2.17 bits per heavy atom. The molecule has 1 saturated carbocycles. The van der Waals surface area contributed by atoms with E-state index in [1.165, 1.54) is 11.3 Å². The van der Waals surface area contributed by atoms with Crippen molar-refractivity contribution in [3.63, 3.8) is 0 Å². The lowest BCUT2D eigenvalue weighted by Crippen LogP contribution is -2.52. The Labute approximate surface area is 112 Å². The minimum Gasteiger partial charge on any atom is -0.394 e. The van der Waals surface area contributed by atoms with Crippen molar-refractivity contribution < 1.29 is 13.5 Å². The van der Waals surface area contributed by atoms with Crippen molar-refractivity contribution in [3.8, 4) is 0 Å². The molecule has 0 aliphatic heterocycles. The molecule has 1 fully saturated rings. The van der Waals surface area contributed by atoms with Gasteiger partial charge < -0.3 is 5.11 Å². The summed E-state index contributed by atoms with van der Waals surface area (Å²) in [6.07, 6.45) is 3.31. The second-order valence-electron chi connectivity index (χ2n) is 5.16. The highest BCUT2D eigenvalue weighted by Crippen LogP contribution is 2.33. The Balaban J connectivity index is 2.16. The van der Waals surface area contributed by atoms with Crippen molar-refractivity contribution in [3.05, 3.63) is 17.5 Å². The molecule has 18 heavy (non-hydrogen) atoms. The Morgan fingerprint density at radius 1 is 1.50 bits per heavy atom. The fraction of sp³-hybridized carbons (Fsp3) is 0.667. The summed E-state index contributed by atoms with van der Waals surface area (Å²) in [5.74, 6) is 0.607. The van der Waals surface area contributed by atoms with Crippen LogP contribution >= 0.6 is 11.3 Å². The summed E-state index contributed by atoms with van der Waals surface area (Å²) in [6.45, 7) is 2.03. The minimum atomic E-state index is -3.50. The van der Waals surface area contributed by atoms with Crippen molar-refractivity contribution in [1.82, 2.24) is 4.72 Å². The quantitative estimate of drug-likeness (QED) is 0.890. The largest absolute Gasteiger partial charge is 0.394 e. The third-order valence-corrected chi connectivity index (χ3v) is 6.62. The molecule has 0 spiro atoms. The van der Waals surface area contributed by atoms with E-state index in [1.54, 1.807) is 17.5 Å². The number of thiophene rings is 1. The summed E-state index contributed by atoms with van der Waals surface area (Å²) in [5.41, 5.74) is -0.671. The predicted molar refractivity (Wildman–Crippen MR) is 72.1 cm³/mol. The summed E-state index contributed by atoms with van der Waals surface area (Å²) in [5, 5.41) is 11.3. The third kappa shape index (κ3) is 2.93. The first-order valence-electron chi connectivity index (χ1n) is 6.16. The first kappa shape index (κ1) is 14.0. The van der Waals surface area contributed by atoms with Crippen molar-refractivity contribution in [2.24, 2.45) is 5.92 Å². The fourth-order valence-electron chi connectivity index (χ4n) is 2.36. The highest BCUT2D eigenvalue weighted by atomic mass is 32.2. The molecule has 1 aromatic rings. The number of aliphatic hydroxyl groups excluding tert-OH is 1. The monoisotopic (exact) mass is 289 g/mol. The molecule has 6 heteroatoms. The van der Waals surface area contributed by atoms with Crippen molar-refractivity contribution >= 4 is 21.4 Å². The Bertz CT molecular complexity index is 473. The first-order valence-corrected chi connectivity index (χ1v) is 8.52. The van der Waals surface area contributed by atoms with Gasteiger partial charge in [0, 0.05) is 0 Å². The van der Waals surface area contributed by atoms with Crippen LogP contribution in [0.5, 0.6) is 0 Å². The number of aliphatic hydroxyl groups is 1. The molecule has 0 aromatic carbocycles. The second-order valence-corrected chi connectivity index (χ2v) is 8.02.